The molecule has 1 rings (SSSR count). The first-order valence-corrected chi connectivity index (χ1v) is 5.09. The minimum atomic E-state index is -2.46. The lowest BCUT2D eigenvalue weighted by atomic mass is 10.0. The van der Waals surface area contributed by atoms with Crippen LogP contribution in [0.4, 0.5) is 8.78 Å². The first-order valence-electron chi connectivity index (χ1n) is 4.30. The van der Waals surface area contributed by atoms with E-state index >= 15 is 0 Å². The minimum absolute atomic E-state index is 0.211. The van der Waals surface area contributed by atoms with Gasteiger partial charge in [-0.2, -0.15) is 0 Å². The molecule has 0 saturated carbocycles. The summed E-state index contributed by atoms with van der Waals surface area (Å²) in [6.07, 6.45) is -2.25. The van der Waals surface area contributed by atoms with E-state index in [9.17, 15) is 8.78 Å². The summed E-state index contributed by atoms with van der Waals surface area (Å²) in [7, 11) is 0. The van der Waals surface area contributed by atoms with Crippen LogP contribution in [0.2, 0.25) is 0 Å². The van der Waals surface area contributed by atoms with Crippen molar-refractivity contribution in [2.24, 2.45) is 5.73 Å². The van der Waals surface area contributed by atoms with Gasteiger partial charge in [0.1, 0.15) is 0 Å². The SMILES string of the molecule is Cc1c(Br)cccc1CC(N)C(F)F. The standard InChI is InChI=1S/C10H12BrF2N/c1-6-7(3-2-4-8(6)11)5-9(14)10(12)13/h2-4,9-10H,5,14H2,1H3. The molecule has 0 heterocycles. The Balaban J connectivity index is 2.82. The number of hydrogen-bond acceptors (Lipinski definition) is 1. The van der Waals surface area contributed by atoms with Gasteiger partial charge >= 0.3 is 0 Å². The molecular formula is C10H12BrF2N. The van der Waals surface area contributed by atoms with E-state index in [1.54, 1.807) is 0 Å². The molecule has 0 aliphatic rings. The van der Waals surface area contributed by atoms with Gasteiger partial charge in [0.25, 0.3) is 6.43 Å². The molecule has 1 atom stereocenters. The van der Waals surface area contributed by atoms with E-state index in [1.165, 1.54) is 0 Å². The van der Waals surface area contributed by atoms with Crippen molar-refractivity contribution in [1.29, 1.82) is 0 Å². The maximum atomic E-state index is 12.2. The summed E-state index contributed by atoms with van der Waals surface area (Å²) < 4.78 is 25.3. The number of halogens is 3. The normalized spacial score (nSPS) is 13.3. The van der Waals surface area contributed by atoms with Crippen LogP contribution >= 0.6 is 15.9 Å². The zero-order valence-corrected chi connectivity index (χ0v) is 9.39. The molecule has 0 spiro atoms. The van der Waals surface area contributed by atoms with E-state index in [0.717, 1.165) is 15.6 Å². The van der Waals surface area contributed by atoms with E-state index in [1.807, 2.05) is 25.1 Å². The Hall–Kier alpha value is -0.480. The molecule has 0 amide bonds. The molecule has 0 saturated heterocycles. The highest BCUT2D eigenvalue weighted by molar-refractivity contribution is 9.10. The summed E-state index contributed by atoms with van der Waals surface area (Å²) >= 11 is 3.34. The third-order valence-electron chi connectivity index (χ3n) is 2.16. The van der Waals surface area contributed by atoms with Crippen molar-refractivity contribution in [3.63, 3.8) is 0 Å². The van der Waals surface area contributed by atoms with Gasteiger partial charge in [0.15, 0.2) is 0 Å². The van der Waals surface area contributed by atoms with Crippen molar-refractivity contribution < 1.29 is 8.78 Å². The highest BCUT2D eigenvalue weighted by Gasteiger charge is 2.16. The Bertz CT molecular complexity index is 315. The van der Waals surface area contributed by atoms with Gasteiger partial charge < -0.3 is 5.73 Å². The van der Waals surface area contributed by atoms with E-state index < -0.39 is 12.5 Å². The Morgan fingerprint density at radius 2 is 2.07 bits per heavy atom. The van der Waals surface area contributed by atoms with Crippen molar-refractivity contribution >= 4 is 15.9 Å². The van der Waals surface area contributed by atoms with Crippen LogP contribution in [0.5, 0.6) is 0 Å². The summed E-state index contributed by atoms with van der Waals surface area (Å²) in [5, 5.41) is 0. The monoisotopic (exact) mass is 263 g/mol. The van der Waals surface area contributed by atoms with E-state index in [-0.39, 0.29) is 6.42 Å². The van der Waals surface area contributed by atoms with Crippen LogP contribution in [-0.4, -0.2) is 12.5 Å². The fraction of sp³-hybridized carbons (Fsp3) is 0.400. The quantitative estimate of drug-likeness (QED) is 0.892. The summed E-state index contributed by atoms with van der Waals surface area (Å²) in [6, 6.07) is 4.45. The van der Waals surface area contributed by atoms with Crippen molar-refractivity contribution in [3.8, 4) is 0 Å². The Morgan fingerprint density at radius 3 is 2.64 bits per heavy atom. The van der Waals surface area contributed by atoms with Crippen molar-refractivity contribution in [2.75, 3.05) is 0 Å². The maximum absolute atomic E-state index is 12.2. The molecule has 4 heteroatoms. The molecule has 1 aromatic carbocycles. The average molecular weight is 264 g/mol. The molecule has 0 aliphatic heterocycles. The van der Waals surface area contributed by atoms with Crippen molar-refractivity contribution in [1.82, 2.24) is 0 Å². The van der Waals surface area contributed by atoms with Crippen molar-refractivity contribution in [2.45, 2.75) is 25.8 Å². The van der Waals surface area contributed by atoms with E-state index in [2.05, 4.69) is 15.9 Å². The van der Waals surface area contributed by atoms with Gasteiger partial charge in [0.05, 0.1) is 6.04 Å². The topological polar surface area (TPSA) is 26.0 Å². The molecule has 0 radical (unpaired) electrons. The zero-order valence-electron chi connectivity index (χ0n) is 7.81. The lowest BCUT2D eigenvalue weighted by Gasteiger charge is -2.12. The Labute approximate surface area is 90.4 Å². The van der Waals surface area contributed by atoms with Gasteiger partial charge in [-0.3, -0.25) is 0 Å². The van der Waals surface area contributed by atoms with Gasteiger partial charge in [-0.15, -0.1) is 0 Å². The summed E-state index contributed by atoms with van der Waals surface area (Å²) in [6.45, 7) is 1.89. The highest BCUT2D eigenvalue weighted by atomic mass is 79.9. The smallest absolute Gasteiger partial charge is 0.253 e. The van der Waals surface area contributed by atoms with Crippen LogP contribution in [0.1, 0.15) is 11.1 Å². The third-order valence-corrected chi connectivity index (χ3v) is 3.02. The predicted molar refractivity (Wildman–Crippen MR) is 56.6 cm³/mol. The van der Waals surface area contributed by atoms with E-state index in [4.69, 9.17) is 5.73 Å². The maximum Gasteiger partial charge on any atom is 0.253 e. The van der Waals surface area contributed by atoms with Gasteiger partial charge in [0, 0.05) is 4.47 Å². The summed E-state index contributed by atoms with van der Waals surface area (Å²) in [5.41, 5.74) is 7.15. The molecule has 14 heavy (non-hydrogen) atoms. The average Bonchev–Trinajstić information content (AvgIpc) is 2.12. The second kappa shape index (κ2) is 4.84. The molecule has 0 fully saturated rings. The van der Waals surface area contributed by atoms with Gasteiger partial charge in [0.2, 0.25) is 0 Å². The van der Waals surface area contributed by atoms with Gasteiger partial charge in [-0.05, 0) is 30.5 Å². The molecule has 0 bridgehead atoms. The molecule has 1 unspecified atom stereocenters. The summed E-state index contributed by atoms with van der Waals surface area (Å²) in [4.78, 5) is 0. The molecule has 1 nitrogen and oxygen atoms in total. The fourth-order valence-corrected chi connectivity index (χ4v) is 1.62. The van der Waals surface area contributed by atoms with Gasteiger partial charge in [-0.25, -0.2) is 8.78 Å². The third kappa shape index (κ3) is 2.75. The number of rotatable bonds is 3. The lowest BCUT2D eigenvalue weighted by Crippen LogP contribution is -2.31. The number of benzene rings is 1. The van der Waals surface area contributed by atoms with Crippen LogP contribution in [0.15, 0.2) is 22.7 Å². The molecule has 2 N–H and O–H groups in total. The first-order chi connectivity index (χ1) is 6.52. The van der Waals surface area contributed by atoms with E-state index in [0.29, 0.717) is 0 Å². The fourth-order valence-electron chi connectivity index (χ4n) is 1.22. The Morgan fingerprint density at radius 1 is 1.43 bits per heavy atom. The Kier molecular flexibility index (Phi) is 4.01. The zero-order chi connectivity index (χ0) is 10.7. The molecule has 0 aromatic heterocycles. The lowest BCUT2D eigenvalue weighted by molar-refractivity contribution is 0.116. The van der Waals surface area contributed by atoms with Crippen molar-refractivity contribution in [3.05, 3.63) is 33.8 Å². The van der Waals surface area contributed by atoms with Crippen LogP contribution < -0.4 is 5.73 Å². The molecule has 1 aromatic rings. The second-order valence-electron chi connectivity index (χ2n) is 3.23. The predicted octanol–water partition coefficient (Wildman–Crippen LogP) is 2.89. The first kappa shape index (κ1) is 11.6. The molecular weight excluding hydrogens is 252 g/mol. The largest absolute Gasteiger partial charge is 0.323 e. The highest BCUT2D eigenvalue weighted by Crippen LogP contribution is 2.21. The minimum Gasteiger partial charge on any atom is -0.323 e. The number of nitrogens with two attached hydrogens (primary N) is 1. The molecule has 0 aliphatic carbocycles. The molecule has 78 valence electrons. The van der Waals surface area contributed by atoms with Crippen LogP contribution in [-0.2, 0) is 6.42 Å². The summed E-state index contributed by atoms with van der Waals surface area (Å²) in [5.74, 6) is 0. The number of hydrogen-bond donors (Lipinski definition) is 1. The number of alkyl halides is 2. The second-order valence-corrected chi connectivity index (χ2v) is 4.08. The van der Waals surface area contributed by atoms with Crippen LogP contribution in [0, 0.1) is 6.92 Å². The van der Waals surface area contributed by atoms with Crippen LogP contribution in [0.25, 0.3) is 0 Å². The van der Waals surface area contributed by atoms with Crippen LogP contribution in [0.3, 0.4) is 0 Å². The van der Waals surface area contributed by atoms with Gasteiger partial charge in [-0.1, -0.05) is 28.1 Å².